The van der Waals surface area contributed by atoms with Crippen LogP contribution < -0.4 is 10.1 Å². The molecule has 0 bridgehead atoms. The number of carbonyl (C=O) groups is 1. The number of ether oxygens (including phenoxy) is 1. The molecule has 2 aromatic rings. The molecular formula is C18H18ClF2NO4S. The van der Waals surface area contributed by atoms with Gasteiger partial charge in [-0.05, 0) is 48.9 Å². The van der Waals surface area contributed by atoms with Crippen molar-refractivity contribution in [3.05, 3.63) is 59.1 Å². The molecular weight excluding hydrogens is 400 g/mol. The van der Waals surface area contributed by atoms with E-state index in [9.17, 15) is 22.0 Å². The number of sulfone groups is 1. The molecule has 146 valence electrons. The van der Waals surface area contributed by atoms with Gasteiger partial charge in [-0.25, -0.2) is 8.42 Å². The molecule has 0 aromatic heterocycles. The van der Waals surface area contributed by atoms with Crippen LogP contribution in [0.5, 0.6) is 5.75 Å². The fraction of sp³-hybridized carbons (Fsp3) is 0.278. The van der Waals surface area contributed by atoms with Crippen LogP contribution in [0.15, 0.2) is 53.4 Å². The van der Waals surface area contributed by atoms with Gasteiger partial charge in [-0.1, -0.05) is 23.7 Å². The second-order valence-corrected chi connectivity index (χ2v) is 8.31. The zero-order chi connectivity index (χ0) is 20.0. The van der Waals surface area contributed by atoms with Crippen LogP contribution in [0.1, 0.15) is 24.9 Å². The Balaban J connectivity index is 1.94. The Morgan fingerprint density at radius 2 is 1.85 bits per heavy atom. The van der Waals surface area contributed by atoms with Gasteiger partial charge in [0.25, 0.3) is 0 Å². The maximum absolute atomic E-state index is 12.3. The SMILES string of the molecule is CC(NC(=O)CCS(=O)(=O)c1ccc(Cl)cc1)c1cccc(OC(F)F)c1. The number of rotatable bonds is 8. The number of alkyl halides is 2. The van der Waals surface area contributed by atoms with Crippen molar-refractivity contribution >= 4 is 27.3 Å². The average Bonchev–Trinajstić information content (AvgIpc) is 2.60. The molecule has 0 heterocycles. The summed E-state index contributed by atoms with van der Waals surface area (Å²) in [5, 5.41) is 3.06. The van der Waals surface area contributed by atoms with Crippen molar-refractivity contribution in [3.63, 3.8) is 0 Å². The van der Waals surface area contributed by atoms with E-state index in [1.807, 2.05) is 0 Å². The average molecular weight is 418 g/mol. The first-order valence-corrected chi connectivity index (χ1v) is 10.0. The third-order valence-corrected chi connectivity index (χ3v) is 5.72. The standard InChI is InChI=1S/C18H18ClF2NO4S/c1-12(13-3-2-4-15(11-13)26-18(20)21)22-17(23)9-10-27(24,25)16-7-5-14(19)6-8-16/h2-8,11-12,18H,9-10H2,1H3,(H,22,23). The molecule has 1 N–H and O–H groups in total. The molecule has 0 aliphatic carbocycles. The summed E-state index contributed by atoms with van der Waals surface area (Å²) in [6.07, 6.45) is -0.234. The maximum atomic E-state index is 12.3. The molecule has 0 saturated carbocycles. The first-order chi connectivity index (χ1) is 12.7. The van der Waals surface area contributed by atoms with Crippen molar-refractivity contribution in [2.75, 3.05) is 5.75 Å². The van der Waals surface area contributed by atoms with Crippen LogP contribution in [-0.4, -0.2) is 26.7 Å². The molecule has 0 spiro atoms. The zero-order valence-corrected chi connectivity index (χ0v) is 15.9. The quantitative estimate of drug-likeness (QED) is 0.705. The number of benzene rings is 2. The molecule has 2 rings (SSSR count). The van der Waals surface area contributed by atoms with Gasteiger partial charge < -0.3 is 10.1 Å². The number of hydrogen-bond acceptors (Lipinski definition) is 4. The lowest BCUT2D eigenvalue weighted by molar-refractivity contribution is -0.121. The zero-order valence-electron chi connectivity index (χ0n) is 14.4. The van der Waals surface area contributed by atoms with E-state index in [2.05, 4.69) is 10.1 Å². The Morgan fingerprint density at radius 1 is 1.19 bits per heavy atom. The number of carbonyl (C=O) groups excluding carboxylic acids is 1. The van der Waals surface area contributed by atoms with E-state index in [0.717, 1.165) is 0 Å². The first kappa shape index (κ1) is 21.1. The molecule has 0 fully saturated rings. The molecule has 5 nitrogen and oxygen atoms in total. The van der Waals surface area contributed by atoms with Gasteiger partial charge in [-0.2, -0.15) is 8.78 Å². The highest BCUT2D eigenvalue weighted by molar-refractivity contribution is 7.91. The van der Waals surface area contributed by atoms with Crippen molar-refractivity contribution in [1.82, 2.24) is 5.32 Å². The molecule has 0 saturated heterocycles. The topological polar surface area (TPSA) is 72.5 Å². The Morgan fingerprint density at radius 3 is 2.48 bits per heavy atom. The normalized spacial score (nSPS) is 12.6. The van der Waals surface area contributed by atoms with Crippen LogP contribution in [0.25, 0.3) is 0 Å². The van der Waals surface area contributed by atoms with E-state index in [4.69, 9.17) is 11.6 Å². The largest absolute Gasteiger partial charge is 0.435 e. The fourth-order valence-corrected chi connectivity index (χ4v) is 3.71. The summed E-state index contributed by atoms with van der Waals surface area (Å²) in [6.45, 7) is -1.28. The highest BCUT2D eigenvalue weighted by Crippen LogP contribution is 2.21. The number of hydrogen-bond donors (Lipinski definition) is 1. The van der Waals surface area contributed by atoms with Crippen molar-refractivity contribution in [2.24, 2.45) is 0 Å². The smallest absolute Gasteiger partial charge is 0.387 e. The van der Waals surface area contributed by atoms with Gasteiger partial charge in [0.1, 0.15) is 5.75 Å². The summed E-state index contributed by atoms with van der Waals surface area (Å²) < 4.78 is 53.4. The summed E-state index contributed by atoms with van der Waals surface area (Å²) in [6, 6.07) is 11.1. The minimum absolute atomic E-state index is 0.0195. The molecule has 0 aliphatic rings. The van der Waals surface area contributed by atoms with Crippen LogP contribution in [0.2, 0.25) is 5.02 Å². The summed E-state index contributed by atoms with van der Waals surface area (Å²) in [7, 11) is -3.62. The van der Waals surface area contributed by atoms with E-state index in [1.54, 1.807) is 13.0 Å². The fourth-order valence-electron chi connectivity index (χ4n) is 2.34. The summed E-state index contributed by atoms with van der Waals surface area (Å²) in [5.41, 5.74) is 0.557. The minimum Gasteiger partial charge on any atom is -0.435 e. The number of halogens is 3. The van der Waals surface area contributed by atoms with E-state index in [1.165, 1.54) is 42.5 Å². The van der Waals surface area contributed by atoms with E-state index in [0.29, 0.717) is 10.6 Å². The Labute approximate surface area is 161 Å². The van der Waals surface area contributed by atoms with Gasteiger partial charge in [0, 0.05) is 11.4 Å². The first-order valence-electron chi connectivity index (χ1n) is 8.00. The molecule has 1 amide bonds. The van der Waals surface area contributed by atoms with E-state index >= 15 is 0 Å². The predicted molar refractivity (Wildman–Crippen MR) is 97.8 cm³/mol. The van der Waals surface area contributed by atoms with Crippen LogP contribution >= 0.6 is 11.6 Å². The van der Waals surface area contributed by atoms with Crippen LogP contribution in [0.4, 0.5) is 8.78 Å². The Kier molecular flexibility index (Phi) is 7.15. The third kappa shape index (κ3) is 6.48. The Hall–Kier alpha value is -2.19. The Bertz CT molecular complexity index is 888. The molecule has 1 atom stereocenters. The molecule has 0 radical (unpaired) electrons. The lowest BCUT2D eigenvalue weighted by Gasteiger charge is -2.15. The molecule has 0 aliphatic heterocycles. The van der Waals surface area contributed by atoms with E-state index < -0.39 is 28.4 Å². The third-order valence-electron chi connectivity index (χ3n) is 3.73. The van der Waals surface area contributed by atoms with Gasteiger partial charge >= 0.3 is 6.61 Å². The lowest BCUT2D eigenvalue weighted by atomic mass is 10.1. The van der Waals surface area contributed by atoms with Crippen molar-refractivity contribution in [1.29, 1.82) is 0 Å². The highest BCUT2D eigenvalue weighted by atomic mass is 35.5. The summed E-state index contributed by atoms with van der Waals surface area (Å²) in [5.74, 6) is -0.851. The molecule has 27 heavy (non-hydrogen) atoms. The summed E-state index contributed by atoms with van der Waals surface area (Å²) in [4.78, 5) is 12.2. The van der Waals surface area contributed by atoms with Gasteiger partial charge in [0.2, 0.25) is 5.91 Å². The van der Waals surface area contributed by atoms with Gasteiger partial charge in [0.05, 0.1) is 16.7 Å². The number of amides is 1. The molecule has 1 unspecified atom stereocenters. The van der Waals surface area contributed by atoms with Crippen molar-refractivity contribution in [3.8, 4) is 5.75 Å². The lowest BCUT2D eigenvalue weighted by Crippen LogP contribution is -2.28. The van der Waals surface area contributed by atoms with Crippen LogP contribution in [0, 0.1) is 0 Å². The van der Waals surface area contributed by atoms with E-state index in [-0.39, 0.29) is 22.8 Å². The monoisotopic (exact) mass is 417 g/mol. The van der Waals surface area contributed by atoms with Gasteiger partial charge in [-0.15, -0.1) is 0 Å². The summed E-state index contributed by atoms with van der Waals surface area (Å²) >= 11 is 5.73. The van der Waals surface area contributed by atoms with Crippen molar-refractivity contribution in [2.45, 2.75) is 30.9 Å². The minimum atomic E-state index is -3.62. The maximum Gasteiger partial charge on any atom is 0.387 e. The highest BCUT2D eigenvalue weighted by Gasteiger charge is 2.18. The second kappa shape index (κ2) is 9.14. The van der Waals surface area contributed by atoms with Crippen LogP contribution in [-0.2, 0) is 14.6 Å². The molecule has 2 aromatic carbocycles. The predicted octanol–water partition coefficient (Wildman–Crippen LogP) is 3.98. The second-order valence-electron chi connectivity index (χ2n) is 5.76. The molecule has 9 heteroatoms. The van der Waals surface area contributed by atoms with Crippen molar-refractivity contribution < 1.29 is 26.7 Å². The number of nitrogens with one attached hydrogen (secondary N) is 1. The van der Waals surface area contributed by atoms with Gasteiger partial charge in [-0.3, -0.25) is 4.79 Å². The van der Waals surface area contributed by atoms with Gasteiger partial charge in [0.15, 0.2) is 9.84 Å². The van der Waals surface area contributed by atoms with Crippen LogP contribution in [0.3, 0.4) is 0 Å².